The van der Waals surface area contributed by atoms with E-state index in [1.54, 1.807) is 24.3 Å². The maximum atomic E-state index is 12.4. The van der Waals surface area contributed by atoms with Crippen LogP contribution in [0.3, 0.4) is 0 Å². The van der Waals surface area contributed by atoms with Crippen molar-refractivity contribution in [3.63, 3.8) is 0 Å². The number of hydrogen-bond donors (Lipinski definition) is 1. The predicted octanol–water partition coefficient (Wildman–Crippen LogP) is 3.52. The molecule has 0 aliphatic rings. The van der Waals surface area contributed by atoms with Crippen LogP contribution in [0.5, 0.6) is 0 Å². The molecule has 0 radical (unpaired) electrons. The number of nitrogen functional groups attached to an aromatic ring is 1. The van der Waals surface area contributed by atoms with Gasteiger partial charge in [-0.3, -0.25) is 0 Å². The number of sulfone groups is 1. The van der Waals surface area contributed by atoms with Crippen molar-refractivity contribution in [2.24, 2.45) is 0 Å². The summed E-state index contributed by atoms with van der Waals surface area (Å²) in [5, 5.41) is 0.365. The Morgan fingerprint density at radius 3 is 2.50 bits per heavy atom. The summed E-state index contributed by atoms with van der Waals surface area (Å²) in [7, 11) is -3.65. The SMILES string of the molecule is Nc1ccc(Br)cc1S(=O)(=O)c1cccc(Cl)c1. The third-order valence-electron chi connectivity index (χ3n) is 2.37. The van der Waals surface area contributed by atoms with Gasteiger partial charge >= 0.3 is 0 Å². The molecule has 2 aromatic rings. The van der Waals surface area contributed by atoms with Gasteiger partial charge in [0.2, 0.25) is 9.84 Å². The van der Waals surface area contributed by atoms with Crippen LogP contribution in [-0.4, -0.2) is 8.42 Å². The highest BCUT2D eigenvalue weighted by atomic mass is 79.9. The van der Waals surface area contributed by atoms with Gasteiger partial charge in [-0.2, -0.15) is 0 Å². The van der Waals surface area contributed by atoms with Crippen LogP contribution >= 0.6 is 27.5 Å². The smallest absolute Gasteiger partial charge is 0.208 e. The molecule has 0 bridgehead atoms. The zero-order valence-electron chi connectivity index (χ0n) is 9.10. The monoisotopic (exact) mass is 345 g/mol. The van der Waals surface area contributed by atoms with E-state index < -0.39 is 9.84 Å². The normalized spacial score (nSPS) is 11.4. The van der Waals surface area contributed by atoms with Gasteiger partial charge in [-0.05, 0) is 36.4 Å². The molecular formula is C12H9BrClNO2S. The molecule has 2 aromatic carbocycles. The molecule has 2 N–H and O–H groups in total. The number of rotatable bonds is 2. The number of nitrogens with two attached hydrogens (primary N) is 1. The predicted molar refractivity (Wildman–Crippen MR) is 75.5 cm³/mol. The van der Waals surface area contributed by atoms with Crippen molar-refractivity contribution < 1.29 is 8.42 Å². The largest absolute Gasteiger partial charge is 0.398 e. The van der Waals surface area contributed by atoms with Crippen LogP contribution in [0.25, 0.3) is 0 Å². The highest BCUT2D eigenvalue weighted by Gasteiger charge is 2.20. The summed E-state index contributed by atoms with van der Waals surface area (Å²) >= 11 is 9.03. The maximum absolute atomic E-state index is 12.4. The number of anilines is 1. The second-order valence-corrected chi connectivity index (χ2v) is 6.91. The maximum Gasteiger partial charge on any atom is 0.208 e. The van der Waals surface area contributed by atoms with Gasteiger partial charge < -0.3 is 5.73 Å². The lowest BCUT2D eigenvalue weighted by atomic mass is 10.3. The standard InChI is InChI=1S/C12H9BrClNO2S/c13-8-4-5-11(15)12(6-8)18(16,17)10-3-1-2-9(14)7-10/h1-7H,15H2. The van der Waals surface area contributed by atoms with E-state index in [0.717, 1.165) is 0 Å². The lowest BCUT2D eigenvalue weighted by Crippen LogP contribution is -2.05. The van der Waals surface area contributed by atoms with Crippen molar-refractivity contribution in [3.8, 4) is 0 Å². The molecule has 0 amide bonds. The third kappa shape index (κ3) is 2.53. The van der Waals surface area contributed by atoms with E-state index in [-0.39, 0.29) is 15.5 Å². The van der Waals surface area contributed by atoms with Gasteiger partial charge in [0.15, 0.2) is 0 Å². The van der Waals surface area contributed by atoms with E-state index >= 15 is 0 Å². The highest BCUT2D eigenvalue weighted by molar-refractivity contribution is 9.10. The Kier molecular flexibility index (Phi) is 3.66. The van der Waals surface area contributed by atoms with Gasteiger partial charge in [0.1, 0.15) is 0 Å². The van der Waals surface area contributed by atoms with Gasteiger partial charge in [0.25, 0.3) is 0 Å². The molecule has 0 fully saturated rings. The summed E-state index contributed by atoms with van der Waals surface area (Å²) < 4.78 is 25.4. The summed E-state index contributed by atoms with van der Waals surface area (Å²) in [6, 6.07) is 10.8. The fourth-order valence-corrected chi connectivity index (χ4v) is 3.72. The third-order valence-corrected chi connectivity index (χ3v) is 4.91. The molecule has 2 rings (SSSR count). The fraction of sp³-hybridized carbons (Fsp3) is 0. The van der Waals surface area contributed by atoms with Gasteiger partial charge in [-0.1, -0.05) is 33.6 Å². The van der Waals surface area contributed by atoms with Crippen LogP contribution in [0.4, 0.5) is 5.69 Å². The zero-order valence-corrected chi connectivity index (χ0v) is 12.3. The quantitative estimate of drug-likeness (QED) is 0.846. The van der Waals surface area contributed by atoms with E-state index in [1.807, 2.05) is 0 Å². The second kappa shape index (κ2) is 4.91. The van der Waals surface area contributed by atoms with Gasteiger partial charge in [-0.15, -0.1) is 0 Å². The van der Waals surface area contributed by atoms with Crippen LogP contribution in [0.15, 0.2) is 56.7 Å². The van der Waals surface area contributed by atoms with E-state index in [4.69, 9.17) is 17.3 Å². The van der Waals surface area contributed by atoms with Crippen molar-refractivity contribution in [1.82, 2.24) is 0 Å². The molecule has 0 atom stereocenters. The van der Waals surface area contributed by atoms with Crippen molar-refractivity contribution in [2.45, 2.75) is 9.79 Å². The molecule has 0 heterocycles. The van der Waals surface area contributed by atoms with Crippen molar-refractivity contribution in [3.05, 3.63) is 52.0 Å². The summed E-state index contributed by atoms with van der Waals surface area (Å²) in [4.78, 5) is 0.193. The first-order valence-electron chi connectivity index (χ1n) is 4.97. The van der Waals surface area contributed by atoms with E-state index in [1.165, 1.54) is 18.2 Å². The molecule has 0 spiro atoms. The van der Waals surface area contributed by atoms with Crippen LogP contribution < -0.4 is 5.73 Å². The summed E-state index contributed by atoms with van der Waals surface area (Å²) in [6.07, 6.45) is 0. The number of halogens is 2. The summed E-state index contributed by atoms with van der Waals surface area (Å²) in [5.74, 6) is 0. The Balaban J connectivity index is 2.65. The van der Waals surface area contributed by atoms with Crippen molar-refractivity contribution in [1.29, 1.82) is 0 Å². The molecule has 3 nitrogen and oxygen atoms in total. The first-order chi connectivity index (χ1) is 8.41. The Morgan fingerprint density at radius 1 is 1.11 bits per heavy atom. The molecule has 18 heavy (non-hydrogen) atoms. The molecule has 0 saturated carbocycles. The van der Waals surface area contributed by atoms with Crippen molar-refractivity contribution >= 4 is 43.1 Å². The van der Waals surface area contributed by atoms with Crippen LogP contribution in [0, 0.1) is 0 Å². The first kappa shape index (κ1) is 13.4. The van der Waals surface area contributed by atoms with Crippen LogP contribution in [0.1, 0.15) is 0 Å². The van der Waals surface area contributed by atoms with Gasteiger partial charge in [0, 0.05) is 9.50 Å². The topological polar surface area (TPSA) is 60.2 Å². The lowest BCUT2D eigenvalue weighted by Gasteiger charge is -2.08. The molecule has 0 aliphatic heterocycles. The molecule has 6 heteroatoms. The fourth-order valence-electron chi connectivity index (χ4n) is 1.50. The van der Waals surface area contributed by atoms with Crippen molar-refractivity contribution in [2.75, 3.05) is 5.73 Å². The highest BCUT2D eigenvalue weighted by Crippen LogP contribution is 2.29. The van der Waals surface area contributed by atoms with Crippen LogP contribution in [-0.2, 0) is 9.84 Å². The Morgan fingerprint density at radius 2 is 1.83 bits per heavy atom. The Bertz CT molecular complexity index is 701. The minimum atomic E-state index is -3.65. The molecule has 0 unspecified atom stereocenters. The van der Waals surface area contributed by atoms with E-state index in [2.05, 4.69) is 15.9 Å². The van der Waals surface area contributed by atoms with Gasteiger partial charge in [-0.25, -0.2) is 8.42 Å². The second-order valence-electron chi connectivity index (χ2n) is 3.64. The van der Waals surface area contributed by atoms with E-state index in [0.29, 0.717) is 9.50 Å². The van der Waals surface area contributed by atoms with E-state index in [9.17, 15) is 8.42 Å². The minimum absolute atomic E-state index is 0.0686. The molecule has 0 aliphatic carbocycles. The molecular weight excluding hydrogens is 338 g/mol. The Labute approximate surface area is 119 Å². The average molecular weight is 347 g/mol. The zero-order chi connectivity index (χ0) is 13.3. The number of hydrogen-bond acceptors (Lipinski definition) is 3. The molecule has 0 aromatic heterocycles. The molecule has 0 saturated heterocycles. The van der Waals surface area contributed by atoms with Crippen LogP contribution in [0.2, 0.25) is 5.02 Å². The summed E-state index contributed by atoms with van der Waals surface area (Å²) in [5.41, 5.74) is 5.92. The molecule has 94 valence electrons. The number of benzene rings is 2. The lowest BCUT2D eigenvalue weighted by molar-refractivity contribution is 0.596. The Hall–Kier alpha value is -1.04. The van der Waals surface area contributed by atoms with Gasteiger partial charge in [0.05, 0.1) is 15.5 Å². The summed E-state index contributed by atoms with van der Waals surface area (Å²) in [6.45, 7) is 0. The average Bonchev–Trinajstić information content (AvgIpc) is 2.32. The minimum Gasteiger partial charge on any atom is -0.398 e. The first-order valence-corrected chi connectivity index (χ1v) is 7.62.